The number of hydrogen-bond donors (Lipinski definition) is 3. The van der Waals surface area contributed by atoms with E-state index in [1.165, 1.54) is 13.0 Å². The number of benzene rings is 2. The zero-order valence-corrected chi connectivity index (χ0v) is 8.82. The Labute approximate surface area is 92.5 Å². The molecular formula is C12H12N2O2. The van der Waals surface area contributed by atoms with E-state index in [1.54, 1.807) is 18.2 Å². The number of carbonyl (C=O) groups is 1. The van der Waals surface area contributed by atoms with Crippen LogP contribution in [0.5, 0.6) is 5.75 Å². The Kier molecular flexibility index (Phi) is 2.20. The van der Waals surface area contributed by atoms with Crippen LogP contribution < -0.4 is 11.5 Å². The lowest BCUT2D eigenvalue weighted by Gasteiger charge is -2.10. The maximum atomic E-state index is 11.5. The summed E-state index contributed by atoms with van der Waals surface area (Å²) in [6, 6.07) is 6.46. The van der Waals surface area contributed by atoms with E-state index < -0.39 is 0 Å². The van der Waals surface area contributed by atoms with Crippen LogP contribution >= 0.6 is 0 Å². The molecule has 0 aliphatic rings. The Morgan fingerprint density at radius 1 is 1.31 bits per heavy atom. The first-order valence-electron chi connectivity index (χ1n) is 4.83. The van der Waals surface area contributed by atoms with Gasteiger partial charge in [0.05, 0.1) is 11.4 Å². The third-order valence-electron chi connectivity index (χ3n) is 2.59. The molecule has 0 heterocycles. The van der Waals surface area contributed by atoms with E-state index in [2.05, 4.69) is 0 Å². The largest absolute Gasteiger partial charge is 0.507 e. The van der Waals surface area contributed by atoms with Gasteiger partial charge in [-0.1, -0.05) is 12.1 Å². The molecule has 5 N–H and O–H groups in total. The van der Waals surface area contributed by atoms with E-state index in [4.69, 9.17) is 11.5 Å². The SMILES string of the molecule is CC(=O)c1cc(N)c(N)c2c(O)cccc12. The van der Waals surface area contributed by atoms with E-state index >= 15 is 0 Å². The third kappa shape index (κ3) is 1.35. The summed E-state index contributed by atoms with van der Waals surface area (Å²) in [5.74, 6) is -0.0768. The highest BCUT2D eigenvalue weighted by atomic mass is 16.3. The second-order valence-corrected chi connectivity index (χ2v) is 3.68. The molecule has 16 heavy (non-hydrogen) atoms. The molecule has 0 radical (unpaired) electrons. The molecule has 2 rings (SSSR count). The fourth-order valence-corrected chi connectivity index (χ4v) is 1.79. The van der Waals surface area contributed by atoms with Crippen molar-refractivity contribution >= 4 is 27.9 Å². The van der Waals surface area contributed by atoms with Crippen molar-refractivity contribution in [2.45, 2.75) is 6.92 Å². The first-order chi connectivity index (χ1) is 7.52. The van der Waals surface area contributed by atoms with E-state index in [-0.39, 0.29) is 11.5 Å². The lowest BCUT2D eigenvalue weighted by atomic mass is 9.98. The molecular weight excluding hydrogens is 204 g/mol. The Balaban J connectivity index is 3.01. The minimum atomic E-state index is -0.109. The molecule has 0 spiro atoms. The number of carbonyl (C=O) groups excluding carboxylic acids is 1. The molecule has 0 aromatic heterocycles. The Morgan fingerprint density at radius 3 is 2.62 bits per heavy atom. The monoisotopic (exact) mass is 216 g/mol. The Morgan fingerprint density at radius 2 is 2.00 bits per heavy atom. The molecule has 0 amide bonds. The van der Waals surface area contributed by atoms with Crippen LogP contribution in [0.15, 0.2) is 24.3 Å². The van der Waals surface area contributed by atoms with Crippen molar-refractivity contribution < 1.29 is 9.90 Å². The maximum absolute atomic E-state index is 11.5. The number of rotatable bonds is 1. The normalized spacial score (nSPS) is 10.6. The second-order valence-electron chi connectivity index (χ2n) is 3.68. The minimum Gasteiger partial charge on any atom is -0.507 e. The number of aromatic hydroxyl groups is 1. The van der Waals surface area contributed by atoms with Crippen molar-refractivity contribution in [2.24, 2.45) is 0 Å². The molecule has 0 unspecified atom stereocenters. The number of hydrogen-bond acceptors (Lipinski definition) is 4. The average molecular weight is 216 g/mol. The average Bonchev–Trinajstić information content (AvgIpc) is 2.22. The number of fused-ring (bicyclic) bond motifs is 1. The smallest absolute Gasteiger partial charge is 0.160 e. The van der Waals surface area contributed by atoms with E-state index in [9.17, 15) is 9.90 Å². The molecule has 0 fully saturated rings. The van der Waals surface area contributed by atoms with E-state index in [1.807, 2.05) is 0 Å². The number of anilines is 2. The highest BCUT2D eigenvalue weighted by Crippen LogP contribution is 2.36. The number of phenolic OH excluding ortho intramolecular Hbond substituents is 1. The lowest BCUT2D eigenvalue weighted by Crippen LogP contribution is -2.01. The zero-order chi connectivity index (χ0) is 11.9. The van der Waals surface area contributed by atoms with Gasteiger partial charge in [-0.05, 0) is 24.4 Å². The van der Waals surface area contributed by atoms with Gasteiger partial charge in [0.25, 0.3) is 0 Å². The predicted molar refractivity (Wildman–Crippen MR) is 64.4 cm³/mol. The van der Waals surface area contributed by atoms with Crippen molar-refractivity contribution in [3.05, 3.63) is 29.8 Å². The van der Waals surface area contributed by atoms with E-state index in [0.29, 0.717) is 27.7 Å². The van der Waals surface area contributed by atoms with Crippen LogP contribution in [0.3, 0.4) is 0 Å². The zero-order valence-electron chi connectivity index (χ0n) is 8.82. The molecule has 0 bridgehead atoms. The quantitative estimate of drug-likeness (QED) is 0.501. The Hall–Kier alpha value is -2.23. The van der Waals surface area contributed by atoms with Crippen LogP contribution in [0.2, 0.25) is 0 Å². The summed E-state index contributed by atoms with van der Waals surface area (Å²) >= 11 is 0. The van der Waals surface area contributed by atoms with Crippen LogP contribution in [0, 0.1) is 0 Å². The minimum absolute atomic E-state index is 0.0322. The molecule has 82 valence electrons. The molecule has 4 nitrogen and oxygen atoms in total. The van der Waals surface area contributed by atoms with Crippen LogP contribution in [-0.2, 0) is 0 Å². The summed E-state index contributed by atoms with van der Waals surface area (Å²) in [5, 5.41) is 10.8. The van der Waals surface area contributed by atoms with Crippen LogP contribution in [-0.4, -0.2) is 10.9 Å². The van der Waals surface area contributed by atoms with Gasteiger partial charge in [0, 0.05) is 10.9 Å². The molecule has 2 aromatic rings. The van der Waals surface area contributed by atoms with Gasteiger partial charge in [-0.25, -0.2) is 0 Å². The summed E-state index contributed by atoms with van der Waals surface area (Å²) in [5.41, 5.74) is 12.6. The summed E-state index contributed by atoms with van der Waals surface area (Å²) in [6.07, 6.45) is 0. The topological polar surface area (TPSA) is 89.3 Å². The van der Waals surface area contributed by atoms with Crippen molar-refractivity contribution in [3.63, 3.8) is 0 Å². The summed E-state index contributed by atoms with van der Waals surface area (Å²) in [7, 11) is 0. The van der Waals surface area contributed by atoms with Gasteiger partial charge < -0.3 is 16.6 Å². The van der Waals surface area contributed by atoms with Gasteiger partial charge in [0.15, 0.2) is 5.78 Å². The van der Waals surface area contributed by atoms with Crippen LogP contribution in [0.25, 0.3) is 10.8 Å². The molecule has 2 aromatic carbocycles. The molecule has 0 aliphatic carbocycles. The first kappa shape index (κ1) is 10.3. The van der Waals surface area contributed by atoms with Crippen LogP contribution in [0.4, 0.5) is 11.4 Å². The van der Waals surface area contributed by atoms with Crippen molar-refractivity contribution in [1.29, 1.82) is 0 Å². The summed E-state index contributed by atoms with van der Waals surface area (Å²) in [4.78, 5) is 11.5. The second kappa shape index (κ2) is 3.41. The standard InChI is InChI=1S/C12H12N2O2/c1-6(15)8-5-9(13)12(14)11-7(8)3-2-4-10(11)16/h2-5,16H,13-14H2,1H3. The number of Topliss-reactive ketones (excluding diaryl/α,β-unsaturated/α-hetero) is 1. The van der Waals surface area contributed by atoms with Gasteiger partial charge in [-0.15, -0.1) is 0 Å². The van der Waals surface area contributed by atoms with Gasteiger partial charge in [-0.3, -0.25) is 4.79 Å². The Bertz CT molecular complexity index is 591. The maximum Gasteiger partial charge on any atom is 0.160 e. The van der Waals surface area contributed by atoms with Crippen LogP contribution in [0.1, 0.15) is 17.3 Å². The number of ketones is 1. The van der Waals surface area contributed by atoms with Gasteiger partial charge in [-0.2, -0.15) is 0 Å². The van der Waals surface area contributed by atoms with Gasteiger partial charge in [0.2, 0.25) is 0 Å². The summed E-state index contributed by atoms with van der Waals surface area (Å²) in [6.45, 7) is 1.45. The molecule has 4 heteroatoms. The molecule has 0 saturated heterocycles. The van der Waals surface area contributed by atoms with E-state index in [0.717, 1.165) is 0 Å². The fourth-order valence-electron chi connectivity index (χ4n) is 1.79. The highest BCUT2D eigenvalue weighted by Gasteiger charge is 2.13. The predicted octanol–water partition coefficient (Wildman–Crippen LogP) is 1.91. The lowest BCUT2D eigenvalue weighted by molar-refractivity contribution is 0.101. The van der Waals surface area contributed by atoms with Crippen molar-refractivity contribution in [3.8, 4) is 5.75 Å². The number of nitrogens with two attached hydrogens (primary N) is 2. The highest BCUT2D eigenvalue weighted by molar-refractivity contribution is 6.14. The third-order valence-corrected chi connectivity index (χ3v) is 2.59. The number of nitrogen functional groups attached to an aromatic ring is 2. The van der Waals surface area contributed by atoms with Gasteiger partial charge in [0.1, 0.15) is 5.75 Å². The number of phenols is 1. The fraction of sp³-hybridized carbons (Fsp3) is 0.0833. The molecule has 0 saturated carbocycles. The molecule has 0 atom stereocenters. The van der Waals surface area contributed by atoms with Crippen molar-refractivity contribution in [1.82, 2.24) is 0 Å². The summed E-state index contributed by atoms with van der Waals surface area (Å²) < 4.78 is 0. The van der Waals surface area contributed by atoms with Gasteiger partial charge >= 0.3 is 0 Å². The van der Waals surface area contributed by atoms with Crippen molar-refractivity contribution in [2.75, 3.05) is 11.5 Å². The first-order valence-corrected chi connectivity index (χ1v) is 4.83. The molecule has 0 aliphatic heterocycles.